The summed E-state index contributed by atoms with van der Waals surface area (Å²) in [7, 11) is 0. The van der Waals surface area contributed by atoms with Crippen molar-refractivity contribution in [2.24, 2.45) is 5.41 Å². The van der Waals surface area contributed by atoms with Crippen molar-refractivity contribution in [2.75, 3.05) is 0 Å². The van der Waals surface area contributed by atoms with E-state index in [-0.39, 0.29) is 0 Å². The molecule has 1 aliphatic carbocycles. The van der Waals surface area contributed by atoms with Crippen molar-refractivity contribution in [3.8, 4) is 28.5 Å². The lowest BCUT2D eigenvalue weighted by atomic mass is 9.89. The van der Waals surface area contributed by atoms with Crippen molar-refractivity contribution < 1.29 is 4.42 Å². The van der Waals surface area contributed by atoms with Gasteiger partial charge in [-0.1, -0.05) is 19.8 Å². The fourth-order valence-electron chi connectivity index (χ4n) is 4.40. The molecule has 7 nitrogen and oxygen atoms in total. The summed E-state index contributed by atoms with van der Waals surface area (Å²) in [6.07, 6.45) is 10.7. The zero-order valence-corrected chi connectivity index (χ0v) is 17.1. The fourth-order valence-corrected chi connectivity index (χ4v) is 4.40. The zero-order chi connectivity index (χ0) is 20.7. The number of oxazole rings is 1. The summed E-state index contributed by atoms with van der Waals surface area (Å²) >= 11 is 0. The van der Waals surface area contributed by atoms with Crippen molar-refractivity contribution in [1.82, 2.24) is 24.7 Å². The number of fused-ring (bicyclic) bond motifs is 1. The summed E-state index contributed by atoms with van der Waals surface area (Å²) in [4.78, 5) is 13.3. The third-order valence-corrected chi connectivity index (χ3v) is 5.94. The molecule has 0 aromatic carbocycles. The van der Waals surface area contributed by atoms with E-state index in [1.54, 1.807) is 19.2 Å². The van der Waals surface area contributed by atoms with Crippen LogP contribution in [0, 0.1) is 23.7 Å². The molecular weight excluding hydrogens is 376 g/mol. The number of hydrogen-bond acceptors (Lipinski definition) is 6. The monoisotopic (exact) mass is 398 g/mol. The molecule has 4 heterocycles. The second-order valence-corrected chi connectivity index (χ2v) is 8.43. The van der Waals surface area contributed by atoms with Crippen LogP contribution in [-0.4, -0.2) is 24.7 Å². The summed E-state index contributed by atoms with van der Waals surface area (Å²) in [5.41, 5.74) is 5.20. The van der Waals surface area contributed by atoms with Crippen molar-refractivity contribution >= 4 is 11.2 Å². The molecule has 0 aliphatic heterocycles. The number of aromatic nitrogens is 5. The second kappa shape index (κ2) is 7.06. The molecule has 0 unspecified atom stereocenters. The molecule has 0 bridgehead atoms. The van der Waals surface area contributed by atoms with E-state index in [0.717, 1.165) is 23.2 Å². The van der Waals surface area contributed by atoms with E-state index < -0.39 is 0 Å². The topological polar surface area (TPSA) is 93.4 Å². The Bertz CT molecular complexity index is 1270. The fraction of sp³-hybridized carbons (Fsp3) is 0.348. The van der Waals surface area contributed by atoms with Gasteiger partial charge in [-0.15, -0.1) is 0 Å². The first kappa shape index (κ1) is 18.5. The van der Waals surface area contributed by atoms with Gasteiger partial charge >= 0.3 is 0 Å². The second-order valence-electron chi connectivity index (χ2n) is 8.43. The average Bonchev–Trinajstić information content (AvgIpc) is 3.46. The summed E-state index contributed by atoms with van der Waals surface area (Å²) < 4.78 is 7.52. The molecule has 150 valence electrons. The summed E-state index contributed by atoms with van der Waals surface area (Å²) in [5.74, 6) is 0.565. The van der Waals surface area contributed by atoms with E-state index in [0.29, 0.717) is 33.9 Å². The minimum absolute atomic E-state index is 0.314. The number of nitriles is 1. The minimum atomic E-state index is 0.314. The van der Waals surface area contributed by atoms with E-state index in [9.17, 15) is 5.26 Å². The predicted molar refractivity (Wildman–Crippen MR) is 112 cm³/mol. The van der Waals surface area contributed by atoms with Crippen LogP contribution in [0.1, 0.15) is 44.2 Å². The van der Waals surface area contributed by atoms with Gasteiger partial charge in [0.1, 0.15) is 17.3 Å². The first-order valence-electron chi connectivity index (χ1n) is 10.2. The Morgan fingerprint density at radius 2 is 2.00 bits per heavy atom. The number of pyridine rings is 2. The highest BCUT2D eigenvalue weighted by Crippen LogP contribution is 2.39. The molecule has 5 rings (SSSR count). The maximum Gasteiger partial charge on any atom is 0.246 e. The first-order chi connectivity index (χ1) is 14.5. The van der Waals surface area contributed by atoms with Gasteiger partial charge in [-0.3, -0.25) is 4.68 Å². The molecule has 0 N–H and O–H groups in total. The highest BCUT2D eigenvalue weighted by molar-refractivity contribution is 5.84. The van der Waals surface area contributed by atoms with Gasteiger partial charge in [0.25, 0.3) is 0 Å². The normalized spacial score (nSPS) is 15.5. The van der Waals surface area contributed by atoms with Gasteiger partial charge in [0, 0.05) is 42.6 Å². The number of rotatable bonds is 4. The van der Waals surface area contributed by atoms with Gasteiger partial charge in [-0.2, -0.15) is 10.4 Å². The van der Waals surface area contributed by atoms with Crippen LogP contribution in [-0.2, 0) is 6.54 Å². The number of hydrogen-bond donors (Lipinski definition) is 0. The van der Waals surface area contributed by atoms with Crippen LogP contribution >= 0.6 is 0 Å². The Balaban J connectivity index is 1.56. The summed E-state index contributed by atoms with van der Waals surface area (Å²) in [5, 5.41) is 14.0. The number of aryl methyl sites for hydroxylation is 1. The smallest absolute Gasteiger partial charge is 0.246 e. The Labute approximate surface area is 174 Å². The summed E-state index contributed by atoms with van der Waals surface area (Å²) in [6.45, 7) is 5.05. The highest BCUT2D eigenvalue weighted by atomic mass is 16.4. The average molecular weight is 398 g/mol. The van der Waals surface area contributed by atoms with Gasteiger partial charge in [0.15, 0.2) is 5.89 Å². The standard InChI is InChI=1S/C23H22N6O/c1-15-27-20-9-16(11-25-22(20)30-15)21-19(6-5-18(10-24)28-21)17-12-26-29(13-17)14-23(2)7-3-4-8-23/h5-6,9,11-13H,3-4,7-8,14H2,1-2H3. The first-order valence-corrected chi connectivity index (χ1v) is 10.2. The van der Waals surface area contributed by atoms with E-state index in [2.05, 4.69) is 39.2 Å². The molecule has 4 aromatic heterocycles. The molecule has 30 heavy (non-hydrogen) atoms. The lowest BCUT2D eigenvalue weighted by Gasteiger charge is -2.22. The van der Waals surface area contributed by atoms with E-state index in [1.807, 2.05) is 23.0 Å². The molecule has 0 amide bonds. The van der Waals surface area contributed by atoms with Gasteiger partial charge < -0.3 is 4.42 Å². The lowest BCUT2D eigenvalue weighted by molar-refractivity contribution is 0.268. The lowest BCUT2D eigenvalue weighted by Crippen LogP contribution is -2.19. The molecule has 4 aromatic rings. The zero-order valence-electron chi connectivity index (χ0n) is 17.1. The predicted octanol–water partition coefficient (Wildman–Crippen LogP) is 4.91. The maximum atomic E-state index is 9.37. The minimum Gasteiger partial charge on any atom is -0.423 e. The molecule has 7 heteroatoms. The van der Waals surface area contributed by atoms with Crippen LogP contribution < -0.4 is 0 Å². The maximum absolute atomic E-state index is 9.37. The third-order valence-electron chi connectivity index (χ3n) is 5.94. The van der Waals surface area contributed by atoms with Crippen LogP contribution in [0.2, 0.25) is 0 Å². The van der Waals surface area contributed by atoms with Gasteiger partial charge in [-0.25, -0.2) is 15.0 Å². The van der Waals surface area contributed by atoms with E-state index in [4.69, 9.17) is 4.42 Å². The van der Waals surface area contributed by atoms with Gasteiger partial charge in [-0.05, 0) is 36.5 Å². The Kier molecular flexibility index (Phi) is 4.35. The van der Waals surface area contributed by atoms with Crippen LogP contribution in [0.3, 0.4) is 0 Å². The van der Waals surface area contributed by atoms with Gasteiger partial charge in [0.05, 0.1) is 11.9 Å². The summed E-state index contributed by atoms with van der Waals surface area (Å²) in [6, 6.07) is 7.69. The molecule has 1 aliphatic rings. The van der Waals surface area contributed by atoms with Crippen LogP contribution in [0.4, 0.5) is 0 Å². The van der Waals surface area contributed by atoms with Crippen molar-refractivity contribution in [1.29, 1.82) is 5.26 Å². The third kappa shape index (κ3) is 3.35. The van der Waals surface area contributed by atoms with Crippen LogP contribution in [0.5, 0.6) is 0 Å². The van der Waals surface area contributed by atoms with Crippen molar-refractivity contribution in [3.63, 3.8) is 0 Å². The largest absolute Gasteiger partial charge is 0.423 e. The van der Waals surface area contributed by atoms with E-state index >= 15 is 0 Å². The van der Waals surface area contributed by atoms with Gasteiger partial charge in [0.2, 0.25) is 5.71 Å². The molecule has 1 fully saturated rings. The molecule has 1 saturated carbocycles. The Hall–Kier alpha value is -3.53. The Morgan fingerprint density at radius 3 is 2.80 bits per heavy atom. The van der Waals surface area contributed by atoms with Crippen molar-refractivity contribution in [3.05, 3.63) is 48.4 Å². The molecule has 0 atom stereocenters. The van der Waals surface area contributed by atoms with Crippen LogP contribution in [0.15, 0.2) is 41.2 Å². The van der Waals surface area contributed by atoms with Crippen molar-refractivity contribution in [2.45, 2.75) is 46.1 Å². The Morgan fingerprint density at radius 1 is 1.17 bits per heavy atom. The molecule has 0 radical (unpaired) electrons. The van der Waals surface area contributed by atoms with E-state index in [1.165, 1.54) is 25.7 Å². The number of nitrogens with zero attached hydrogens (tertiary/aromatic N) is 6. The quantitative estimate of drug-likeness (QED) is 0.485. The highest BCUT2D eigenvalue weighted by Gasteiger charge is 2.29. The molecular formula is C23H22N6O. The van der Waals surface area contributed by atoms with Crippen LogP contribution in [0.25, 0.3) is 33.6 Å². The molecule has 0 spiro atoms. The molecule has 0 saturated heterocycles. The SMILES string of the molecule is Cc1nc2cc(-c3nc(C#N)ccc3-c3cnn(CC4(C)CCCC4)c3)cnc2o1.